The van der Waals surface area contributed by atoms with Gasteiger partial charge in [0.1, 0.15) is 10.3 Å². The third kappa shape index (κ3) is 4.09. The lowest BCUT2D eigenvalue weighted by Crippen LogP contribution is -2.18. The second-order valence-corrected chi connectivity index (χ2v) is 8.69. The molecule has 0 spiro atoms. The number of halogens is 1. The van der Waals surface area contributed by atoms with E-state index < -0.39 is 0 Å². The van der Waals surface area contributed by atoms with Crippen molar-refractivity contribution >= 4 is 27.7 Å². The molecule has 0 amide bonds. The maximum Gasteiger partial charge on any atom is 0.265 e. The Morgan fingerprint density at radius 3 is 2.58 bits per heavy atom. The number of aromatic amines is 1. The molecular weight excluding hydrogens is 324 g/mol. The molecule has 3 nitrogen and oxygen atoms in total. The van der Waals surface area contributed by atoms with Gasteiger partial charge in [0.15, 0.2) is 0 Å². The Kier molecular flexibility index (Phi) is 4.77. The van der Waals surface area contributed by atoms with Crippen LogP contribution in [0, 0.1) is 0 Å². The van der Waals surface area contributed by atoms with Crippen molar-refractivity contribution in [2.24, 2.45) is 0 Å². The third-order valence-electron chi connectivity index (χ3n) is 3.32. The van der Waals surface area contributed by atoms with Crippen LogP contribution in [0.3, 0.4) is 0 Å². The van der Waals surface area contributed by atoms with Crippen LogP contribution in [0.15, 0.2) is 9.27 Å². The molecule has 0 radical (unpaired) electrons. The molecule has 0 atom stereocenters. The van der Waals surface area contributed by atoms with Crippen LogP contribution < -0.4 is 5.56 Å². The van der Waals surface area contributed by atoms with Gasteiger partial charge in [-0.3, -0.25) is 4.79 Å². The van der Waals surface area contributed by atoms with Crippen molar-refractivity contribution in [3.8, 4) is 0 Å². The van der Waals surface area contributed by atoms with Crippen molar-refractivity contribution in [1.29, 1.82) is 0 Å². The molecule has 1 saturated carbocycles. The van der Waals surface area contributed by atoms with Gasteiger partial charge in [0.25, 0.3) is 5.56 Å². The van der Waals surface area contributed by atoms with E-state index in [2.05, 4.69) is 41.7 Å². The first-order valence-electron chi connectivity index (χ1n) is 6.79. The molecule has 0 unspecified atom stereocenters. The normalized spacial score (nSPS) is 17.1. The Morgan fingerprint density at radius 1 is 1.37 bits per heavy atom. The minimum atomic E-state index is -0.0404. The van der Waals surface area contributed by atoms with Gasteiger partial charge >= 0.3 is 0 Å². The second kappa shape index (κ2) is 6.00. The zero-order valence-corrected chi connectivity index (χ0v) is 14.2. The van der Waals surface area contributed by atoms with Gasteiger partial charge < -0.3 is 4.98 Å². The van der Waals surface area contributed by atoms with Crippen LogP contribution in [0.2, 0.25) is 0 Å². The number of hydrogen-bond acceptors (Lipinski definition) is 3. The van der Waals surface area contributed by atoms with E-state index in [-0.39, 0.29) is 10.3 Å². The molecule has 0 aromatic carbocycles. The van der Waals surface area contributed by atoms with Crippen LogP contribution in [-0.2, 0) is 5.75 Å². The van der Waals surface area contributed by atoms with E-state index in [9.17, 15) is 4.79 Å². The zero-order chi connectivity index (χ0) is 14.0. The Bertz CT molecular complexity index is 501. The quantitative estimate of drug-likeness (QED) is 0.892. The summed E-state index contributed by atoms with van der Waals surface area (Å²) >= 11 is 5.21. The van der Waals surface area contributed by atoms with Crippen LogP contribution in [0.4, 0.5) is 0 Å². The highest BCUT2D eigenvalue weighted by Gasteiger charge is 2.23. The molecule has 1 aromatic heterocycles. The molecular formula is C14H21BrN2OS. The zero-order valence-electron chi connectivity index (χ0n) is 11.8. The average molecular weight is 345 g/mol. The SMILES string of the molecule is CC(C)(C)SCc1nc(C2CCCC2)c(Br)c(=O)[nH]1. The molecule has 1 heterocycles. The fourth-order valence-corrected chi connectivity index (χ4v) is 3.57. The summed E-state index contributed by atoms with van der Waals surface area (Å²) in [6.07, 6.45) is 4.80. The standard InChI is InChI=1S/C14H21BrN2OS/c1-14(2,3)19-8-10-16-12(9-6-4-5-7-9)11(15)13(18)17-10/h9H,4-8H2,1-3H3,(H,16,17,18). The van der Waals surface area contributed by atoms with Crippen molar-refractivity contribution in [1.82, 2.24) is 9.97 Å². The predicted molar refractivity (Wildman–Crippen MR) is 84.8 cm³/mol. The van der Waals surface area contributed by atoms with Crippen molar-refractivity contribution in [2.45, 2.75) is 62.9 Å². The Balaban J connectivity index is 2.23. The molecule has 1 aromatic rings. The van der Waals surface area contributed by atoms with Crippen LogP contribution in [0.25, 0.3) is 0 Å². The molecule has 1 aliphatic carbocycles. The van der Waals surface area contributed by atoms with Crippen molar-refractivity contribution in [3.63, 3.8) is 0 Å². The highest BCUT2D eigenvalue weighted by molar-refractivity contribution is 9.10. The molecule has 0 aliphatic heterocycles. The summed E-state index contributed by atoms with van der Waals surface area (Å²) in [5, 5.41) is 0. The van der Waals surface area contributed by atoms with Gasteiger partial charge in [0.2, 0.25) is 0 Å². The lowest BCUT2D eigenvalue weighted by atomic mass is 10.0. The third-order valence-corrected chi connectivity index (χ3v) is 5.37. The summed E-state index contributed by atoms with van der Waals surface area (Å²) in [4.78, 5) is 19.6. The number of H-pyrrole nitrogens is 1. The first-order chi connectivity index (χ1) is 8.87. The minimum Gasteiger partial charge on any atom is -0.309 e. The van der Waals surface area contributed by atoms with Crippen LogP contribution >= 0.6 is 27.7 Å². The molecule has 19 heavy (non-hydrogen) atoms. The van der Waals surface area contributed by atoms with E-state index in [0.29, 0.717) is 10.4 Å². The highest BCUT2D eigenvalue weighted by atomic mass is 79.9. The summed E-state index contributed by atoms with van der Waals surface area (Å²) in [5.41, 5.74) is 0.923. The molecule has 0 saturated heterocycles. The lowest BCUT2D eigenvalue weighted by Gasteiger charge is -2.18. The Morgan fingerprint density at radius 2 is 2.00 bits per heavy atom. The summed E-state index contributed by atoms with van der Waals surface area (Å²) in [6.45, 7) is 6.52. The van der Waals surface area contributed by atoms with Gasteiger partial charge in [0, 0.05) is 10.7 Å². The van der Waals surface area contributed by atoms with E-state index >= 15 is 0 Å². The monoisotopic (exact) mass is 344 g/mol. The van der Waals surface area contributed by atoms with Gasteiger partial charge in [-0.05, 0) is 28.8 Å². The molecule has 1 aliphatic rings. The minimum absolute atomic E-state index is 0.0404. The van der Waals surface area contributed by atoms with Gasteiger partial charge in [0.05, 0.1) is 11.4 Å². The first-order valence-corrected chi connectivity index (χ1v) is 8.57. The summed E-state index contributed by atoms with van der Waals surface area (Å²) in [7, 11) is 0. The number of hydrogen-bond donors (Lipinski definition) is 1. The maximum atomic E-state index is 12.0. The highest BCUT2D eigenvalue weighted by Crippen LogP contribution is 2.35. The summed E-state index contributed by atoms with van der Waals surface area (Å²) < 4.78 is 0.808. The Labute approximate surface area is 127 Å². The van der Waals surface area contributed by atoms with Crippen molar-refractivity contribution < 1.29 is 0 Å². The molecule has 106 valence electrons. The van der Waals surface area contributed by atoms with E-state index in [1.165, 1.54) is 12.8 Å². The average Bonchev–Trinajstić information content (AvgIpc) is 2.83. The number of aromatic nitrogens is 2. The molecule has 5 heteroatoms. The topological polar surface area (TPSA) is 45.8 Å². The van der Waals surface area contributed by atoms with Gasteiger partial charge in [-0.25, -0.2) is 4.98 Å². The number of nitrogens with zero attached hydrogens (tertiary/aromatic N) is 1. The molecule has 1 N–H and O–H groups in total. The second-order valence-electron chi connectivity index (χ2n) is 6.09. The van der Waals surface area contributed by atoms with Gasteiger partial charge in [-0.2, -0.15) is 0 Å². The number of thioether (sulfide) groups is 1. The number of rotatable bonds is 3. The van der Waals surface area contributed by atoms with Crippen LogP contribution in [0.5, 0.6) is 0 Å². The number of nitrogens with one attached hydrogen (secondary N) is 1. The van der Waals surface area contributed by atoms with E-state index in [1.54, 1.807) is 11.8 Å². The van der Waals surface area contributed by atoms with E-state index in [0.717, 1.165) is 30.1 Å². The molecule has 1 fully saturated rings. The van der Waals surface area contributed by atoms with Gasteiger partial charge in [-0.15, -0.1) is 11.8 Å². The first kappa shape index (κ1) is 15.1. The van der Waals surface area contributed by atoms with E-state index in [1.807, 2.05) is 0 Å². The smallest absolute Gasteiger partial charge is 0.265 e. The van der Waals surface area contributed by atoms with Crippen molar-refractivity contribution in [2.75, 3.05) is 0 Å². The van der Waals surface area contributed by atoms with Crippen LogP contribution in [-0.4, -0.2) is 14.7 Å². The predicted octanol–water partition coefficient (Wildman–Crippen LogP) is 4.22. The maximum absolute atomic E-state index is 12.0. The van der Waals surface area contributed by atoms with E-state index in [4.69, 9.17) is 4.98 Å². The molecule has 2 rings (SSSR count). The van der Waals surface area contributed by atoms with Gasteiger partial charge in [-0.1, -0.05) is 33.6 Å². The lowest BCUT2D eigenvalue weighted by molar-refractivity contribution is 0.679. The fraction of sp³-hybridized carbons (Fsp3) is 0.714. The summed E-state index contributed by atoms with van der Waals surface area (Å²) in [6, 6.07) is 0. The summed E-state index contributed by atoms with van der Waals surface area (Å²) in [5.74, 6) is 2.01. The fourth-order valence-electron chi connectivity index (χ4n) is 2.35. The van der Waals surface area contributed by atoms with Crippen molar-refractivity contribution in [3.05, 3.63) is 26.3 Å². The largest absolute Gasteiger partial charge is 0.309 e. The Hall–Kier alpha value is -0.290. The molecule has 0 bridgehead atoms. The van der Waals surface area contributed by atoms with Crippen LogP contribution in [0.1, 0.15) is 63.9 Å².